The monoisotopic (exact) mass is 321 g/mol. The Morgan fingerprint density at radius 2 is 2.13 bits per heavy atom. The molecule has 0 saturated heterocycles. The van der Waals surface area contributed by atoms with Crippen molar-refractivity contribution in [2.75, 3.05) is 20.3 Å². The molecular formula is C17H23NO5. The number of rotatable bonds is 9. The molecule has 0 radical (unpaired) electrons. The average Bonchev–Trinajstić information content (AvgIpc) is 2.57. The van der Waals surface area contributed by atoms with Crippen molar-refractivity contribution in [1.29, 1.82) is 0 Å². The van der Waals surface area contributed by atoms with E-state index in [2.05, 4.69) is 11.9 Å². The number of carbonyl (C=O) groups excluding carboxylic acids is 2. The van der Waals surface area contributed by atoms with Crippen LogP contribution in [0.25, 0.3) is 0 Å². The molecular weight excluding hydrogens is 298 g/mol. The molecule has 1 atom stereocenters. The highest BCUT2D eigenvalue weighted by molar-refractivity contribution is 5.92. The Balaban J connectivity index is 2.78. The second-order valence-electron chi connectivity index (χ2n) is 4.75. The molecule has 0 aromatic heterocycles. The molecule has 126 valence electrons. The van der Waals surface area contributed by atoms with Gasteiger partial charge >= 0.3 is 5.97 Å². The zero-order chi connectivity index (χ0) is 17.2. The van der Waals surface area contributed by atoms with Crippen LogP contribution in [-0.4, -0.2) is 38.2 Å². The van der Waals surface area contributed by atoms with Gasteiger partial charge in [-0.25, -0.2) is 4.79 Å². The molecule has 1 N–H and O–H groups in total. The van der Waals surface area contributed by atoms with Crippen LogP contribution in [0.15, 0.2) is 30.9 Å². The van der Waals surface area contributed by atoms with E-state index in [1.807, 2.05) is 6.92 Å². The first-order valence-corrected chi connectivity index (χ1v) is 7.37. The van der Waals surface area contributed by atoms with Gasteiger partial charge in [-0.3, -0.25) is 4.79 Å². The van der Waals surface area contributed by atoms with Crippen LogP contribution in [0.1, 0.15) is 29.8 Å². The van der Waals surface area contributed by atoms with Gasteiger partial charge in [0.1, 0.15) is 5.75 Å². The van der Waals surface area contributed by atoms with Gasteiger partial charge in [0.05, 0.1) is 19.3 Å². The molecule has 0 aliphatic heterocycles. The Bertz CT molecular complexity index is 556. The summed E-state index contributed by atoms with van der Waals surface area (Å²) in [5, 5.41) is 2.57. The molecule has 0 unspecified atom stereocenters. The predicted molar refractivity (Wildman–Crippen MR) is 86.4 cm³/mol. The summed E-state index contributed by atoms with van der Waals surface area (Å²) in [6, 6.07) is 4.91. The van der Waals surface area contributed by atoms with E-state index in [1.54, 1.807) is 31.4 Å². The van der Waals surface area contributed by atoms with Crippen molar-refractivity contribution in [2.45, 2.75) is 26.6 Å². The van der Waals surface area contributed by atoms with Gasteiger partial charge in [-0.2, -0.15) is 0 Å². The minimum absolute atomic E-state index is 0.321. The van der Waals surface area contributed by atoms with Crippen molar-refractivity contribution in [3.05, 3.63) is 42.0 Å². The number of carbonyl (C=O) groups is 2. The first-order chi connectivity index (χ1) is 11.0. The average molecular weight is 321 g/mol. The highest BCUT2D eigenvalue weighted by atomic mass is 16.5. The molecule has 0 bridgehead atoms. The highest BCUT2D eigenvalue weighted by Crippen LogP contribution is 2.21. The van der Waals surface area contributed by atoms with Crippen LogP contribution in [0.3, 0.4) is 0 Å². The van der Waals surface area contributed by atoms with Gasteiger partial charge in [-0.05, 0) is 32.0 Å². The lowest BCUT2D eigenvalue weighted by Crippen LogP contribution is -2.35. The smallest absolute Gasteiger partial charge is 0.338 e. The summed E-state index contributed by atoms with van der Waals surface area (Å²) in [5.41, 5.74) is 1.08. The van der Waals surface area contributed by atoms with Gasteiger partial charge in [-0.15, -0.1) is 6.58 Å². The number of amides is 1. The third-order valence-electron chi connectivity index (χ3n) is 3.05. The van der Waals surface area contributed by atoms with Crippen LogP contribution in [0.5, 0.6) is 5.75 Å². The van der Waals surface area contributed by atoms with Crippen molar-refractivity contribution in [3.8, 4) is 5.75 Å². The van der Waals surface area contributed by atoms with Crippen LogP contribution in [-0.2, 0) is 20.9 Å². The van der Waals surface area contributed by atoms with Crippen LogP contribution in [0.4, 0.5) is 0 Å². The van der Waals surface area contributed by atoms with Crippen LogP contribution >= 0.6 is 0 Å². The minimum atomic E-state index is -0.889. The van der Waals surface area contributed by atoms with Gasteiger partial charge in [0.25, 0.3) is 5.91 Å². The quantitative estimate of drug-likeness (QED) is 0.557. The van der Waals surface area contributed by atoms with E-state index in [1.165, 1.54) is 6.92 Å². The Morgan fingerprint density at radius 3 is 2.74 bits per heavy atom. The normalized spacial score (nSPS) is 11.4. The number of hydrogen-bond donors (Lipinski definition) is 1. The molecule has 0 heterocycles. The number of benzene rings is 1. The Morgan fingerprint density at radius 1 is 1.39 bits per heavy atom. The first kappa shape index (κ1) is 18.7. The first-order valence-electron chi connectivity index (χ1n) is 7.37. The zero-order valence-electron chi connectivity index (χ0n) is 13.8. The molecule has 0 spiro atoms. The Kier molecular flexibility index (Phi) is 7.83. The fourth-order valence-corrected chi connectivity index (χ4v) is 1.83. The zero-order valence-corrected chi connectivity index (χ0v) is 13.8. The molecule has 23 heavy (non-hydrogen) atoms. The van der Waals surface area contributed by atoms with Crippen molar-refractivity contribution in [2.24, 2.45) is 0 Å². The highest BCUT2D eigenvalue weighted by Gasteiger charge is 2.19. The minimum Gasteiger partial charge on any atom is -0.496 e. The second kappa shape index (κ2) is 9.63. The predicted octanol–water partition coefficient (Wildman–Crippen LogP) is 2.08. The van der Waals surface area contributed by atoms with Crippen molar-refractivity contribution in [3.63, 3.8) is 0 Å². The van der Waals surface area contributed by atoms with E-state index < -0.39 is 12.1 Å². The maximum Gasteiger partial charge on any atom is 0.338 e. The fraction of sp³-hybridized carbons (Fsp3) is 0.412. The number of methoxy groups -OCH3 is 1. The van der Waals surface area contributed by atoms with Gasteiger partial charge in [0, 0.05) is 18.7 Å². The van der Waals surface area contributed by atoms with E-state index in [0.29, 0.717) is 31.1 Å². The number of ether oxygens (including phenoxy) is 3. The molecule has 6 heteroatoms. The van der Waals surface area contributed by atoms with Crippen molar-refractivity contribution >= 4 is 11.9 Å². The van der Waals surface area contributed by atoms with E-state index in [4.69, 9.17) is 14.2 Å². The van der Waals surface area contributed by atoms with Crippen molar-refractivity contribution < 1.29 is 23.8 Å². The summed E-state index contributed by atoms with van der Waals surface area (Å²) in [7, 11) is 1.55. The van der Waals surface area contributed by atoms with Crippen LogP contribution in [0.2, 0.25) is 0 Å². The lowest BCUT2D eigenvalue weighted by atomic mass is 10.1. The summed E-state index contributed by atoms with van der Waals surface area (Å²) in [5.74, 6) is -0.320. The summed E-state index contributed by atoms with van der Waals surface area (Å²) in [4.78, 5) is 23.9. The van der Waals surface area contributed by atoms with E-state index in [9.17, 15) is 9.59 Å². The Hall–Kier alpha value is -2.34. The standard InChI is InChI=1S/C17H23NO5/c1-5-9-18-16(19)12(3)23-17(20)13-7-8-15(21-4)14(10-13)11-22-6-2/h5,7-8,10,12H,1,6,9,11H2,2-4H3,(H,18,19)/t12-/m1/s1. The Labute approximate surface area is 136 Å². The molecule has 0 fully saturated rings. The maximum absolute atomic E-state index is 12.2. The van der Waals surface area contributed by atoms with E-state index >= 15 is 0 Å². The number of hydrogen-bond acceptors (Lipinski definition) is 5. The van der Waals surface area contributed by atoms with E-state index in [-0.39, 0.29) is 5.91 Å². The lowest BCUT2D eigenvalue weighted by Gasteiger charge is -2.14. The molecule has 6 nitrogen and oxygen atoms in total. The molecule has 1 aromatic carbocycles. The topological polar surface area (TPSA) is 73.9 Å². The summed E-state index contributed by atoms with van der Waals surface area (Å²) in [6.45, 7) is 8.11. The molecule has 1 aromatic rings. The second-order valence-corrected chi connectivity index (χ2v) is 4.75. The number of esters is 1. The fourth-order valence-electron chi connectivity index (χ4n) is 1.83. The van der Waals surface area contributed by atoms with Gasteiger partial charge < -0.3 is 19.5 Å². The lowest BCUT2D eigenvalue weighted by molar-refractivity contribution is -0.128. The molecule has 1 rings (SSSR count). The maximum atomic E-state index is 12.2. The van der Waals surface area contributed by atoms with Crippen molar-refractivity contribution in [1.82, 2.24) is 5.32 Å². The van der Waals surface area contributed by atoms with E-state index in [0.717, 1.165) is 5.56 Å². The SMILES string of the molecule is C=CCNC(=O)[C@@H](C)OC(=O)c1ccc(OC)c(COCC)c1. The van der Waals surface area contributed by atoms with Gasteiger partial charge in [-0.1, -0.05) is 6.08 Å². The van der Waals surface area contributed by atoms with Gasteiger partial charge in [0.2, 0.25) is 0 Å². The molecule has 0 saturated carbocycles. The third-order valence-corrected chi connectivity index (χ3v) is 3.05. The van der Waals surface area contributed by atoms with Crippen LogP contribution < -0.4 is 10.1 Å². The molecule has 0 aliphatic rings. The third kappa shape index (κ3) is 5.75. The summed E-state index contributed by atoms with van der Waals surface area (Å²) >= 11 is 0. The van der Waals surface area contributed by atoms with Crippen LogP contribution in [0, 0.1) is 0 Å². The molecule has 0 aliphatic carbocycles. The summed E-state index contributed by atoms with van der Waals surface area (Å²) in [6.07, 6.45) is 0.663. The summed E-state index contributed by atoms with van der Waals surface area (Å²) < 4.78 is 15.8. The largest absolute Gasteiger partial charge is 0.496 e. The van der Waals surface area contributed by atoms with Gasteiger partial charge in [0.15, 0.2) is 6.10 Å². The number of nitrogens with one attached hydrogen (secondary N) is 1. The molecule has 1 amide bonds.